The van der Waals surface area contributed by atoms with Gasteiger partial charge in [-0.05, 0) is 17.4 Å². The highest BCUT2D eigenvalue weighted by Crippen LogP contribution is 2.26. The Morgan fingerprint density at radius 3 is 2.74 bits per heavy atom. The maximum absolute atomic E-state index is 12.0. The summed E-state index contributed by atoms with van der Waals surface area (Å²) in [6.07, 6.45) is 1.57. The average Bonchev–Trinajstić information content (AvgIpc) is 2.80. The third kappa shape index (κ3) is 3.19. The lowest BCUT2D eigenvalue weighted by Gasteiger charge is -2.05. The predicted molar refractivity (Wildman–Crippen MR) is 96.3 cm³/mol. The van der Waals surface area contributed by atoms with Crippen LogP contribution in [0, 0.1) is 5.92 Å². The molecule has 0 atom stereocenters. The lowest BCUT2D eigenvalue weighted by atomic mass is 10.1. The molecule has 0 amide bonds. The molecule has 0 saturated heterocycles. The van der Waals surface area contributed by atoms with Gasteiger partial charge in [-0.25, -0.2) is 0 Å². The Morgan fingerprint density at radius 1 is 1.22 bits per heavy atom. The Labute approximate surface area is 138 Å². The monoisotopic (exact) mass is 326 g/mol. The van der Waals surface area contributed by atoms with E-state index in [1.165, 1.54) is 4.57 Å². The molecule has 2 aromatic carbocycles. The molecular weight excluding hydrogens is 308 g/mol. The molecule has 0 unspecified atom stereocenters. The van der Waals surface area contributed by atoms with Crippen molar-refractivity contribution in [2.75, 3.05) is 0 Å². The highest BCUT2D eigenvalue weighted by molar-refractivity contribution is 7.11. The van der Waals surface area contributed by atoms with Crippen LogP contribution in [-0.2, 0) is 6.54 Å². The van der Waals surface area contributed by atoms with E-state index in [0.29, 0.717) is 11.4 Å². The lowest BCUT2D eigenvalue weighted by Crippen LogP contribution is -2.15. The lowest BCUT2D eigenvalue weighted by molar-refractivity contribution is 0.389. The van der Waals surface area contributed by atoms with Crippen LogP contribution in [0.1, 0.15) is 18.7 Å². The largest absolute Gasteiger partial charge is 0.493 e. The zero-order chi connectivity index (χ0) is 16.4. The second kappa shape index (κ2) is 6.38. The van der Waals surface area contributed by atoms with E-state index >= 15 is 0 Å². The van der Waals surface area contributed by atoms with E-state index in [4.69, 9.17) is 0 Å². The van der Waals surface area contributed by atoms with E-state index in [9.17, 15) is 9.90 Å². The van der Waals surface area contributed by atoms with Gasteiger partial charge in [0, 0.05) is 11.9 Å². The van der Waals surface area contributed by atoms with E-state index in [1.807, 2.05) is 56.3 Å². The van der Waals surface area contributed by atoms with Gasteiger partial charge in [0.2, 0.25) is 5.88 Å². The summed E-state index contributed by atoms with van der Waals surface area (Å²) in [5, 5.41) is 12.4. The second-order valence-corrected chi connectivity index (χ2v) is 6.81. The minimum Gasteiger partial charge on any atom is -0.493 e. The van der Waals surface area contributed by atoms with Crippen molar-refractivity contribution in [2.45, 2.75) is 20.4 Å². The Kier molecular flexibility index (Phi) is 4.30. The first-order valence-electron chi connectivity index (χ1n) is 7.50. The second-order valence-electron chi connectivity index (χ2n) is 5.82. The number of hydrogen-bond donors (Lipinski definition) is 1. The van der Waals surface area contributed by atoms with Crippen LogP contribution in [0.5, 0.6) is 5.88 Å². The molecule has 0 radical (unpaired) electrons. The zero-order valence-corrected chi connectivity index (χ0v) is 13.9. The summed E-state index contributed by atoms with van der Waals surface area (Å²) in [6.45, 7) is 4.52. The number of fused-ring (bicyclic) bond motifs is 1. The average molecular weight is 326 g/mol. The maximum Gasteiger partial charge on any atom is 0.310 e. The Balaban J connectivity index is 1.98. The van der Waals surface area contributed by atoms with Gasteiger partial charge in [0.25, 0.3) is 0 Å². The topological polar surface area (TPSA) is 54.6 Å². The number of hydrogen-bond acceptors (Lipinski definition) is 4. The van der Waals surface area contributed by atoms with Crippen molar-refractivity contribution < 1.29 is 5.11 Å². The summed E-state index contributed by atoms with van der Waals surface area (Å²) >= 11 is 1.02. The normalized spacial score (nSPS) is 11.8. The molecule has 0 fully saturated rings. The molecule has 118 valence electrons. The van der Waals surface area contributed by atoms with Gasteiger partial charge < -0.3 is 5.11 Å². The van der Waals surface area contributed by atoms with Crippen LogP contribution in [0.2, 0.25) is 0 Å². The summed E-state index contributed by atoms with van der Waals surface area (Å²) in [7, 11) is 0. The molecule has 4 nitrogen and oxygen atoms in total. The van der Waals surface area contributed by atoms with Gasteiger partial charge in [-0.15, -0.1) is 0 Å². The predicted octanol–water partition coefficient (Wildman–Crippen LogP) is 4.18. The van der Waals surface area contributed by atoms with Crippen molar-refractivity contribution in [3.05, 3.63) is 57.0 Å². The molecule has 1 heterocycles. The molecule has 1 aromatic heterocycles. The molecule has 3 aromatic rings. The standard InChI is InChI=1S/C18H18N2O2S/c1-12(2)11-20-17(21)16(23-18(20)22)10-19-15-9-5-7-13-6-3-4-8-14(13)15/h3-10,12,21H,11H2,1-2H3. The highest BCUT2D eigenvalue weighted by atomic mass is 32.1. The van der Waals surface area contributed by atoms with Gasteiger partial charge in [0.15, 0.2) is 0 Å². The van der Waals surface area contributed by atoms with Crippen LogP contribution in [0.15, 0.2) is 52.3 Å². The van der Waals surface area contributed by atoms with Crippen molar-refractivity contribution in [3.63, 3.8) is 0 Å². The van der Waals surface area contributed by atoms with E-state index in [1.54, 1.807) is 6.21 Å². The van der Waals surface area contributed by atoms with Crippen LogP contribution < -0.4 is 4.87 Å². The number of thiazole rings is 1. The van der Waals surface area contributed by atoms with Crippen LogP contribution in [0.3, 0.4) is 0 Å². The minimum atomic E-state index is -0.157. The molecule has 0 saturated carbocycles. The summed E-state index contributed by atoms with van der Waals surface area (Å²) < 4.78 is 1.40. The number of nitrogens with zero attached hydrogens (tertiary/aromatic N) is 2. The number of aromatic nitrogens is 1. The Bertz CT molecular complexity index is 917. The van der Waals surface area contributed by atoms with E-state index in [2.05, 4.69) is 4.99 Å². The van der Waals surface area contributed by atoms with Crippen LogP contribution in [-0.4, -0.2) is 15.9 Å². The molecule has 1 N–H and O–H groups in total. The first kappa shape index (κ1) is 15.5. The third-order valence-corrected chi connectivity index (χ3v) is 4.43. The van der Waals surface area contributed by atoms with Crippen molar-refractivity contribution in [1.82, 2.24) is 4.57 Å². The maximum atomic E-state index is 12.0. The van der Waals surface area contributed by atoms with Crippen LogP contribution in [0.4, 0.5) is 5.69 Å². The van der Waals surface area contributed by atoms with Crippen molar-refractivity contribution in [3.8, 4) is 5.88 Å². The van der Waals surface area contributed by atoms with E-state index in [0.717, 1.165) is 27.8 Å². The molecule has 0 aliphatic carbocycles. The molecule has 0 aliphatic rings. The van der Waals surface area contributed by atoms with Crippen molar-refractivity contribution in [1.29, 1.82) is 0 Å². The first-order chi connectivity index (χ1) is 11.1. The SMILES string of the molecule is CC(C)Cn1c(O)c(C=Nc2cccc3ccccc23)sc1=O. The van der Waals surface area contributed by atoms with Gasteiger partial charge >= 0.3 is 4.87 Å². The zero-order valence-electron chi connectivity index (χ0n) is 13.1. The van der Waals surface area contributed by atoms with Crippen molar-refractivity contribution >= 4 is 34.0 Å². The Hall–Kier alpha value is -2.40. The number of rotatable bonds is 4. The smallest absolute Gasteiger partial charge is 0.310 e. The number of aliphatic imine (C=N–C) groups is 1. The summed E-state index contributed by atoms with van der Waals surface area (Å²) in [5.74, 6) is 0.286. The quantitative estimate of drug-likeness (QED) is 0.731. The van der Waals surface area contributed by atoms with Gasteiger partial charge in [0.05, 0.1) is 11.9 Å². The highest BCUT2D eigenvalue weighted by Gasteiger charge is 2.13. The molecule has 3 rings (SSSR count). The Morgan fingerprint density at radius 2 is 1.96 bits per heavy atom. The minimum absolute atomic E-state index is 0.00214. The van der Waals surface area contributed by atoms with Gasteiger partial charge in [-0.3, -0.25) is 14.4 Å². The van der Waals surface area contributed by atoms with E-state index in [-0.39, 0.29) is 16.7 Å². The fraction of sp³-hybridized carbons (Fsp3) is 0.222. The fourth-order valence-corrected chi connectivity index (χ4v) is 3.24. The van der Waals surface area contributed by atoms with Crippen LogP contribution >= 0.6 is 11.3 Å². The number of benzene rings is 2. The van der Waals surface area contributed by atoms with Crippen LogP contribution in [0.25, 0.3) is 10.8 Å². The molecule has 23 heavy (non-hydrogen) atoms. The summed E-state index contributed by atoms with van der Waals surface area (Å²) in [6, 6.07) is 13.9. The summed E-state index contributed by atoms with van der Waals surface area (Å²) in [5.41, 5.74) is 0.818. The molecule has 0 spiro atoms. The first-order valence-corrected chi connectivity index (χ1v) is 8.32. The molecular formula is C18H18N2O2S. The number of aromatic hydroxyl groups is 1. The summed E-state index contributed by atoms with van der Waals surface area (Å²) in [4.78, 5) is 16.8. The van der Waals surface area contributed by atoms with Gasteiger partial charge in [0.1, 0.15) is 4.88 Å². The van der Waals surface area contributed by atoms with E-state index < -0.39 is 0 Å². The molecule has 0 bridgehead atoms. The third-order valence-electron chi connectivity index (χ3n) is 3.53. The van der Waals surface area contributed by atoms with Gasteiger partial charge in [-0.1, -0.05) is 61.6 Å². The van der Waals surface area contributed by atoms with Crippen molar-refractivity contribution in [2.24, 2.45) is 10.9 Å². The fourth-order valence-electron chi connectivity index (χ4n) is 2.47. The molecule has 0 aliphatic heterocycles. The molecule has 5 heteroatoms. The van der Waals surface area contributed by atoms with Gasteiger partial charge in [-0.2, -0.15) is 0 Å².